The van der Waals surface area contributed by atoms with Gasteiger partial charge < -0.3 is 0 Å². The van der Waals surface area contributed by atoms with Crippen molar-refractivity contribution in [2.24, 2.45) is 0 Å². The number of hydrogen-bond donors (Lipinski definition) is 0. The van der Waals surface area contributed by atoms with Gasteiger partial charge in [-0.1, -0.05) is 39.3 Å². The zero-order valence-electron chi connectivity index (χ0n) is 8.19. The Morgan fingerprint density at radius 1 is 1.29 bits per heavy atom. The highest BCUT2D eigenvalue weighted by Crippen LogP contribution is 2.31. The van der Waals surface area contributed by atoms with Gasteiger partial charge >= 0.3 is 0 Å². The summed E-state index contributed by atoms with van der Waals surface area (Å²) >= 11 is 0. The molecule has 0 saturated heterocycles. The van der Waals surface area contributed by atoms with Crippen molar-refractivity contribution < 1.29 is 0 Å². The molecule has 0 aromatic heterocycles. The van der Waals surface area contributed by atoms with Gasteiger partial charge in [0.05, 0.1) is 6.07 Å². The SMILES string of the molecule is Cc1ccc(SSCCCC#N)cc1. The lowest BCUT2D eigenvalue weighted by Gasteiger charge is -1.99. The van der Waals surface area contributed by atoms with Gasteiger partial charge in [-0.15, -0.1) is 0 Å². The summed E-state index contributed by atoms with van der Waals surface area (Å²) in [6.07, 6.45) is 1.65. The minimum absolute atomic E-state index is 0.668. The third kappa shape index (κ3) is 4.59. The smallest absolute Gasteiger partial charge is 0.0622 e. The molecule has 1 aromatic rings. The minimum Gasteiger partial charge on any atom is -0.198 e. The van der Waals surface area contributed by atoms with Crippen LogP contribution in [0.15, 0.2) is 29.2 Å². The average molecular weight is 223 g/mol. The van der Waals surface area contributed by atoms with E-state index in [1.807, 2.05) is 10.8 Å². The van der Waals surface area contributed by atoms with E-state index in [-0.39, 0.29) is 0 Å². The van der Waals surface area contributed by atoms with Crippen LogP contribution in [0, 0.1) is 18.3 Å². The molecule has 1 aromatic carbocycles. The maximum absolute atomic E-state index is 8.35. The molecule has 74 valence electrons. The van der Waals surface area contributed by atoms with Crippen LogP contribution in [0.25, 0.3) is 0 Å². The van der Waals surface area contributed by atoms with Crippen molar-refractivity contribution in [2.75, 3.05) is 5.75 Å². The molecule has 0 aliphatic carbocycles. The Balaban J connectivity index is 2.19. The van der Waals surface area contributed by atoms with Crippen molar-refractivity contribution in [2.45, 2.75) is 24.7 Å². The zero-order chi connectivity index (χ0) is 10.2. The van der Waals surface area contributed by atoms with Crippen LogP contribution in [0.3, 0.4) is 0 Å². The molecule has 0 radical (unpaired) electrons. The molecule has 0 fully saturated rings. The summed E-state index contributed by atoms with van der Waals surface area (Å²) in [4.78, 5) is 1.29. The Morgan fingerprint density at radius 2 is 2.00 bits per heavy atom. The monoisotopic (exact) mass is 223 g/mol. The number of hydrogen-bond acceptors (Lipinski definition) is 3. The van der Waals surface area contributed by atoms with Gasteiger partial charge in [0, 0.05) is 17.1 Å². The van der Waals surface area contributed by atoms with Crippen LogP contribution < -0.4 is 0 Å². The molecule has 0 saturated carbocycles. The molecule has 0 spiro atoms. The minimum atomic E-state index is 0.668. The maximum atomic E-state index is 8.35. The fraction of sp³-hybridized carbons (Fsp3) is 0.364. The third-order valence-corrected chi connectivity index (χ3v) is 4.16. The molecule has 0 aliphatic rings. The fourth-order valence-corrected chi connectivity index (χ4v) is 2.99. The Morgan fingerprint density at radius 3 is 2.64 bits per heavy atom. The molecule has 1 nitrogen and oxygen atoms in total. The summed E-state index contributed by atoms with van der Waals surface area (Å²) in [5.74, 6) is 1.05. The summed E-state index contributed by atoms with van der Waals surface area (Å²) < 4.78 is 0. The van der Waals surface area contributed by atoms with Crippen molar-refractivity contribution in [1.82, 2.24) is 0 Å². The van der Waals surface area contributed by atoms with Crippen LogP contribution in [0.5, 0.6) is 0 Å². The Labute approximate surface area is 93.3 Å². The first kappa shape index (κ1) is 11.5. The number of rotatable bonds is 5. The number of nitrogens with zero attached hydrogens (tertiary/aromatic N) is 1. The predicted octanol–water partition coefficient (Wildman–Crippen LogP) is 4.04. The molecule has 14 heavy (non-hydrogen) atoms. The Hall–Kier alpha value is -0.590. The van der Waals surface area contributed by atoms with E-state index in [1.54, 1.807) is 10.8 Å². The predicted molar refractivity (Wildman–Crippen MR) is 64.3 cm³/mol. The van der Waals surface area contributed by atoms with Crippen LogP contribution in [0.2, 0.25) is 0 Å². The van der Waals surface area contributed by atoms with Crippen molar-refractivity contribution in [3.05, 3.63) is 29.8 Å². The molecular weight excluding hydrogens is 210 g/mol. The van der Waals surface area contributed by atoms with E-state index in [4.69, 9.17) is 5.26 Å². The highest BCUT2D eigenvalue weighted by molar-refractivity contribution is 8.76. The van der Waals surface area contributed by atoms with Gasteiger partial charge in [0.2, 0.25) is 0 Å². The van der Waals surface area contributed by atoms with E-state index < -0.39 is 0 Å². The highest BCUT2D eigenvalue weighted by Gasteiger charge is 1.94. The van der Waals surface area contributed by atoms with Gasteiger partial charge in [0.15, 0.2) is 0 Å². The third-order valence-electron chi connectivity index (χ3n) is 1.69. The zero-order valence-corrected chi connectivity index (χ0v) is 9.83. The molecule has 0 aliphatic heterocycles. The van der Waals surface area contributed by atoms with Gasteiger partial charge in [0.1, 0.15) is 0 Å². The van der Waals surface area contributed by atoms with E-state index in [2.05, 4.69) is 37.3 Å². The standard InChI is InChI=1S/C11H13NS2/c1-10-4-6-11(7-5-10)14-13-9-3-2-8-12/h4-7H,2-3,9H2,1H3. The molecule has 1 rings (SSSR count). The quantitative estimate of drug-likeness (QED) is 0.556. The van der Waals surface area contributed by atoms with E-state index in [0.717, 1.165) is 12.2 Å². The van der Waals surface area contributed by atoms with Gasteiger partial charge in [0.25, 0.3) is 0 Å². The Kier molecular flexibility index (Phi) is 5.58. The van der Waals surface area contributed by atoms with Crippen LogP contribution in [0.4, 0.5) is 0 Å². The van der Waals surface area contributed by atoms with Crippen LogP contribution >= 0.6 is 21.6 Å². The van der Waals surface area contributed by atoms with Crippen molar-refractivity contribution in [1.29, 1.82) is 5.26 Å². The van der Waals surface area contributed by atoms with E-state index in [0.29, 0.717) is 6.42 Å². The second kappa shape index (κ2) is 6.80. The largest absolute Gasteiger partial charge is 0.198 e. The molecule has 0 unspecified atom stereocenters. The molecular formula is C11H13NS2. The van der Waals surface area contributed by atoms with E-state index in [1.165, 1.54) is 10.5 Å². The molecule has 3 heteroatoms. The number of nitriles is 1. The van der Waals surface area contributed by atoms with Crippen LogP contribution in [0.1, 0.15) is 18.4 Å². The van der Waals surface area contributed by atoms with Crippen molar-refractivity contribution >= 4 is 21.6 Å². The lowest BCUT2D eigenvalue weighted by molar-refractivity contribution is 0.985. The second-order valence-corrected chi connectivity index (χ2v) is 5.47. The van der Waals surface area contributed by atoms with Crippen molar-refractivity contribution in [3.8, 4) is 6.07 Å². The van der Waals surface area contributed by atoms with Gasteiger partial charge in [-0.25, -0.2) is 0 Å². The highest BCUT2D eigenvalue weighted by atomic mass is 33.1. The first-order chi connectivity index (χ1) is 6.83. The Bertz CT molecular complexity index is 300. The average Bonchev–Trinajstić information content (AvgIpc) is 2.21. The van der Waals surface area contributed by atoms with Gasteiger partial charge in [-0.3, -0.25) is 0 Å². The molecule has 0 heterocycles. The summed E-state index contributed by atoms with van der Waals surface area (Å²) in [5.41, 5.74) is 1.30. The van der Waals surface area contributed by atoms with Gasteiger partial charge in [-0.2, -0.15) is 5.26 Å². The van der Waals surface area contributed by atoms with Crippen LogP contribution in [-0.4, -0.2) is 5.75 Å². The summed E-state index contributed by atoms with van der Waals surface area (Å²) in [6, 6.07) is 10.7. The van der Waals surface area contributed by atoms with Crippen molar-refractivity contribution in [3.63, 3.8) is 0 Å². The topological polar surface area (TPSA) is 23.8 Å². The fourth-order valence-electron chi connectivity index (χ4n) is 0.914. The van der Waals surface area contributed by atoms with Crippen LogP contribution in [-0.2, 0) is 0 Å². The summed E-state index contributed by atoms with van der Waals surface area (Å²) in [5, 5.41) is 8.35. The number of unbranched alkanes of at least 4 members (excludes halogenated alkanes) is 1. The lowest BCUT2D eigenvalue weighted by atomic mass is 10.2. The molecule has 0 bridgehead atoms. The first-order valence-corrected chi connectivity index (χ1v) is 6.88. The lowest BCUT2D eigenvalue weighted by Crippen LogP contribution is -1.75. The number of benzene rings is 1. The number of aryl methyl sites for hydroxylation is 1. The summed E-state index contributed by atoms with van der Waals surface area (Å²) in [7, 11) is 3.60. The summed E-state index contributed by atoms with van der Waals surface area (Å²) in [6.45, 7) is 2.09. The molecule has 0 atom stereocenters. The van der Waals surface area contributed by atoms with Gasteiger partial charge in [-0.05, 0) is 25.5 Å². The molecule has 0 amide bonds. The maximum Gasteiger partial charge on any atom is 0.0622 e. The normalized spacial score (nSPS) is 9.71. The first-order valence-electron chi connectivity index (χ1n) is 4.56. The second-order valence-electron chi connectivity index (χ2n) is 2.98. The molecule has 0 N–H and O–H groups in total. The van der Waals surface area contributed by atoms with E-state index >= 15 is 0 Å². The van der Waals surface area contributed by atoms with E-state index in [9.17, 15) is 0 Å².